The van der Waals surface area contributed by atoms with E-state index in [1.807, 2.05) is 50.4 Å². The molecule has 108 valence electrons. The molecule has 0 saturated carbocycles. The van der Waals surface area contributed by atoms with Gasteiger partial charge in [0.25, 0.3) is 0 Å². The second kappa shape index (κ2) is 5.49. The molecule has 21 heavy (non-hydrogen) atoms. The van der Waals surface area contributed by atoms with Crippen molar-refractivity contribution in [3.63, 3.8) is 0 Å². The Balaban J connectivity index is 1.93. The average Bonchev–Trinajstić information content (AvgIpc) is 2.69. The summed E-state index contributed by atoms with van der Waals surface area (Å²) < 4.78 is 1.32. The molecule has 4 heteroatoms. The van der Waals surface area contributed by atoms with Crippen LogP contribution < -0.4 is 9.36 Å². The van der Waals surface area contributed by atoms with Gasteiger partial charge in [-0.1, -0.05) is 0 Å². The van der Waals surface area contributed by atoms with Crippen LogP contribution in [0.15, 0.2) is 48.5 Å². The fourth-order valence-electron chi connectivity index (χ4n) is 2.72. The number of halogens is 1. The van der Waals surface area contributed by atoms with Crippen LogP contribution in [0.4, 0.5) is 5.69 Å². The Labute approximate surface area is 136 Å². The van der Waals surface area contributed by atoms with Crippen LogP contribution in [-0.2, 0) is 10.2 Å². The first-order chi connectivity index (χ1) is 10.0. The van der Waals surface area contributed by atoms with Crippen molar-refractivity contribution in [1.82, 2.24) is 0 Å². The molecule has 1 aliphatic rings. The third kappa shape index (κ3) is 2.50. The zero-order valence-corrected chi connectivity index (χ0v) is 14.4. The number of hydrogen-bond donors (Lipinski definition) is 0. The van der Waals surface area contributed by atoms with Gasteiger partial charge < -0.3 is 0 Å². The van der Waals surface area contributed by atoms with Gasteiger partial charge in [-0.3, -0.25) is 0 Å². The summed E-state index contributed by atoms with van der Waals surface area (Å²) in [6, 6.07) is 16.1. The van der Waals surface area contributed by atoms with Gasteiger partial charge in [0, 0.05) is 0 Å². The van der Waals surface area contributed by atoms with Crippen LogP contribution in [0.25, 0.3) is 0 Å². The third-order valence-corrected chi connectivity index (χ3v) is 6.98. The normalized spacial score (nSPS) is 20.7. The first kappa shape index (κ1) is 14.6. The fraction of sp³-hybridized carbons (Fsp3) is 0.235. The predicted octanol–water partition coefficient (Wildman–Crippen LogP) is 3.02. The van der Waals surface area contributed by atoms with Crippen molar-refractivity contribution >= 4 is 42.6 Å². The predicted molar refractivity (Wildman–Crippen MR) is 88.9 cm³/mol. The van der Waals surface area contributed by atoms with Crippen molar-refractivity contribution in [1.29, 1.82) is 0 Å². The number of rotatable bonds is 3. The number of carbonyl (C=O) groups is 1. The standard InChI is InChI=1S/C17H16ClNOSe/c1-17(11-21-13-6-4-3-5-7-13)14-10-12(18)8-9-15(14)19(2)16(17)20/h3-10H,11H2,1-2H3/t17-/m0/s1. The Morgan fingerprint density at radius 1 is 1.19 bits per heavy atom. The summed E-state index contributed by atoms with van der Waals surface area (Å²) in [7, 11) is 1.84. The van der Waals surface area contributed by atoms with Gasteiger partial charge in [-0.25, -0.2) is 0 Å². The average molecular weight is 365 g/mol. The Kier molecular flexibility index (Phi) is 3.83. The molecule has 0 spiro atoms. The van der Waals surface area contributed by atoms with Crippen LogP contribution in [0.5, 0.6) is 0 Å². The minimum absolute atomic E-state index is 0.164. The van der Waals surface area contributed by atoms with E-state index in [0.29, 0.717) is 5.02 Å². The molecule has 0 fully saturated rings. The van der Waals surface area contributed by atoms with Crippen molar-refractivity contribution in [3.05, 3.63) is 59.1 Å². The monoisotopic (exact) mass is 365 g/mol. The molecule has 2 nitrogen and oxygen atoms in total. The van der Waals surface area contributed by atoms with Gasteiger partial charge in [-0.05, 0) is 0 Å². The van der Waals surface area contributed by atoms with E-state index in [9.17, 15) is 4.79 Å². The molecule has 0 aliphatic carbocycles. The van der Waals surface area contributed by atoms with E-state index in [1.54, 1.807) is 4.90 Å². The topological polar surface area (TPSA) is 20.3 Å². The molecule has 1 heterocycles. The molecule has 0 radical (unpaired) electrons. The van der Waals surface area contributed by atoms with E-state index in [2.05, 4.69) is 12.1 Å². The SMILES string of the molecule is CN1C(=O)[C@@](C)(C[Se]c2ccccc2)c2cc(Cl)ccc21. The van der Waals surface area contributed by atoms with Gasteiger partial charge >= 0.3 is 136 Å². The maximum absolute atomic E-state index is 12.7. The quantitative estimate of drug-likeness (QED) is 0.767. The Hall–Kier alpha value is -1.28. The molecule has 2 aromatic carbocycles. The Morgan fingerprint density at radius 2 is 1.90 bits per heavy atom. The number of fused-ring (bicyclic) bond motifs is 1. The molecule has 1 atom stereocenters. The van der Waals surface area contributed by atoms with Crippen LogP contribution >= 0.6 is 11.6 Å². The van der Waals surface area contributed by atoms with Gasteiger partial charge in [-0.2, -0.15) is 0 Å². The van der Waals surface area contributed by atoms with Crippen molar-refractivity contribution in [2.24, 2.45) is 0 Å². The second-order valence-corrected chi connectivity index (χ2v) is 8.10. The first-order valence-electron chi connectivity index (χ1n) is 6.78. The van der Waals surface area contributed by atoms with Crippen molar-refractivity contribution in [2.75, 3.05) is 11.9 Å². The van der Waals surface area contributed by atoms with E-state index < -0.39 is 5.41 Å². The summed E-state index contributed by atoms with van der Waals surface area (Å²) in [5.41, 5.74) is 1.57. The summed E-state index contributed by atoms with van der Waals surface area (Å²) in [5, 5.41) is 1.54. The van der Waals surface area contributed by atoms with E-state index in [0.717, 1.165) is 16.6 Å². The van der Waals surface area contributed by atoms with Crippen LogP contribution in [0, 0.1) is 0 Å². The minimum atomic E-state index is -0.467. The van der Waals surface area contributed by atoms with Crippen LogP contribution in [-0.4, -0.2) is 27.9 Å². The number of likely N-dealkylation sites (N-methyl/N-ethyl adjacent to an activating group) is 1. The number of amides is 1. The zero-order valence-electron chi connectivity index (χ0n) is 12.0. The Morgan fingerprint density at radius 3 is 2.62 bits per heavy atom. The van der Waals surface area contributed by atoms with Crippen LogP contribution in [0.3, 0.4) is 0 Å². The number of benzene rings is 2. The first-order valence-corrected chi connectivity index (χ1v) is 9.23. The summed E-state index contributed by atoms with van der Waals surface area (Å²) in [5.74, 6) is 0.164. The summed E-state index contributed by atoms with van der Waals surface area (Å²) >= 11 is 6.40. The van der Waals surface area contributed by atoms with Gasteiger partial charge in [0.05, 0.1) is 0 Å². The van der Waals surface area contributed by atoms with Gasteiger partial charge in [0.2, 0.25) is 0 Å². The van der Waals surface area contributed by atoms with Gasteiger partial charge in [0.1, 0.15) is 0 Å². The second-order valence-electron chi connectivity index (χ2n) is 5.46. The number of carbonyl (C=O) groups excluding carboxylic acids is 1. The van der Waals surface area contributed by atoms with Crippen molar-refractivity contribution in [2.45, 2.75) is 17.7 Å². The molecule has 1 amide bonds. The number of hydrogen-bond acceptors (Lipinski definition) is 1. The molecule has 0 saturated heterocycles. The summed E-state index contributed by atoms with van der Waals surface area (Å²) in [6.45, 7) is 2.04. The number of nitrogens with zero attached hydrogens (tertiary/aromatic N) is 1. The van der Waals surface area contributed by atoms with E-state index >= 15 is 0 Å². The Bertz CT molecular complexity index is 688. The third-order valence-electron chi connectivity index (χ3n) is 3.96. The van der Waals surface area contributed by atoms with Crippen LogP contribution in [0.1, 0.15) is 12.5 Å². The molecule has 0 bridgehead atoms. The molecule has 0 aromatic heterocycles. The van der Waals surface area contributed by atoms with Gasteiger partial charge in [-0.15, -0.1) is 0 Å². The number of anilines is 1. The fourth-order valence-corrected chi connectivity index (χ4v) is 5.17. The van der Waals surface area contributed by atoms with E-state index in [4.69, 9.17) is 11.6 Å². The molecule has 0 unspecified atom stereocenters. The van der Waals surface area contributed by atoms with Crippen molar-refractivity contribution in [3.8, 4) is 0 Å². The maximum atomic E-state index is 12.7. The van der Waals surface area contributed by atoms with Gasteiger partial charge in [0.15, 0.2) is 0 Å². The zero-order chi connectivity index (χ0) is 15.0. The van der Waals surface area contributed by atoms with Crippen LogP contribution in [0.2, 0.25) is 10.3 Å². The molecule has 0 N–H and O–H groups in total. The molecular formula is C17H16ClNOSe. The van der Waals surface area contributed by atoms with Crippen molar-refractivity contribution < 1.29 is 4.79 Å². The van der Waals surface area contributed by atoms with E-state index in [1.165, 1.54) is 4.46 Å². The van der Waals surface area contributed by atoms with E-state index in [-0.39, 0.29) is 20.9 Å². The molecule has 1 aliphatic heterocycles. The summed E-state index contributed by atoms with van der Waals surface area (Å²) in [4.78, 5) is 14.5. The molecule has 2 aromatic rings. The molecular weight excluding hydrogens is 349 g/mol. The molecule has 3 rings (SSSR count). The summed E-state index contributed by atoms with van der Waals surface area (Å²) in [6.07, 6.45) is 0.